The molecule has 3 N–H and O–H groups in total. The zero-order valence-corrected chi connectivity index (χ0v) is 13.0. The van der Waals surface area contributed by atoms with Gasteiger partial charge in [0.05, 0.1) is 23.9 Å². The van der Waals surface area contributed by atoms with Crippen molar-refractivity contribution in [1.29, 1.82) is 0 Å². The topological polar surface area (TPSA) is 103 Å². The van der Waals surface area contributed by atoms with E-state index in [0.717, 1.165) is 16.2 Å². The molecule has 0 saturated carbocycles. The first-order chi connectivity index (χ1) is 10.8. The monoisotopic (exact) mass is 333 g/mol. The molecule has 1 aromatic heterocycles. The molecule has 2 amide bonds. The van der Waals surface area contributed by atoms with Crippen molar-refractivity contribution in [1.82, 2.24) is 9.88 Å². The van der Waals surface area contributed by atoms with Crippen molar-refractivity contribution in [3.05, 3.63) is 50.3 Å². The Morgan fingerprint density at radius 2 is 1.87 bits per heavy atom. The van der Waals surface area contributed by atoms with E-state index in [2.05, 4.69) is 5.32 Å². The van der Waals surface area contributed by atoms with Gasteiger partial charge < -0.3 is 10.5 Å². The van der Waals surface area contributed by atoms with Crippen LogP contribution >= 0.6 is 11.6 Å². The molecule has 0 atom stereocenters. The highest BCUT2D eigenvalue weighted by atomic mass is 35.5. The van der Waals surface area contributed by atoms with E-state index in [-0.39, 0.29) is 16.9 Å². The number of aryl methyl sites for hydroxylation is 1. The number of amides is 2. The van der Waals surface area contributed by atoms with Gasteiger partial charge in [0.1, 0.15) is 11.6 Å². The Bertz CT molecular complexity index is 933. The van der Waals surface area contributed by atoms with Crippen LogP contribution in [0.4, 0.5) is 5.82 Å². The molecular weight excluding hydrogens is 322 g/mol. The number of rotatable bonds is 2. The number of carbonyl (C=O) groups excluding carboxylic acids is 2. The number of aromatic nitrogens is 1. The van der Waals surface area contributed by atoms with Crippen LogP contribution in [0.15, 0.2) is 23.0 Å². The molecule has 2 heterocycles. The number of nitrogens with one attached hydrogen (secondary N) is 1. The molecule has 1 aliphatic rings. The number of methoxy groups -OCH3 is 1. The number of fused-ring (bicyclic) bond motifs is 1. The van der Waals surface area contributed by atoms with Crippen molar-refractivity contribution in [2.24, 2.45) is 0 Å². The van der Waals surface area contributed by atoms with Gasteiger partial charge in [0, 0.05) is 11.1 Å². The summed E-state index contributed by atoms with van der Waals surface area (Å²) in [5.74, 6) is -1.07. The second-order valence-electron chi connectivity index (χ2n) is 5.05. The van der Waals surface area contributed by atoms with Crippen LogP contribution in [-0.4, -0.2) is 23.5 Å². The average molecular weight is 334 g/mol. The third-order valence-electron chi connectivity index (χ3n) is 3.65. The van der Waals surface area contributed by atoms with Crippen LogP contribution in [-0.2, 0) is 0 Å². The molecule has 0 unspecified atom stereocenters. The fourth-order valence-electron chi connectivity index (χ4n) is 2.51. The SMILES string of the molecule is COc1cc(C)c(Cl)cc1-n1c(N)c2c(cc1=O)C(=O)NC2=O. The molecule has 0 fully saturated rings. The maximum atomic E-state index is 12.4. The second-order valence-corrected chi connectivity index (χ2v) is 5.46. The van der Waals surface area contributed by atoms with Gasteiger partial charge in [0.25, 0.3) is 17.4 Å². The minimum Gasteiger partial charge on any atom is -0.495 e. The van der Waals surface area contributed by atoms with E-state index in [1.807, 2.05) is 0 Å². The lowest BCUT2D eigenvalue weighted by atomic mass is 10.1. The van der Waals surface area contributed by atoms with E-state index in [1.165, 1.54) is 13.2 Å². The first kappa shape index (κ1) is 15.1. The zero-order chi connectivity index (χ0) is 16.9. The molecular formula is C15H12ClN3O4. The number of imide groups is 1. The summed E-state index contributed by atoms with van der Waals surface area (Å²) in [6, 6.07) is 4.25. The molecule has 1 aromatic carbocycles. The fourth-order valence-corrected chi connectivity index (χ4v) is 2.67. The Hall–Kier alpha value is -2.80. The largest absolute Gasteiger partial charge is 0.495 e. The number of halogens is 1. The van der Waals surface area contributed by atoms with Crippen molar-refractivity contribution in [2.75, 3.05) is 12.8 Å². The zero-order valence-electron chi connectivity index (χ0n) is 12.3. The minimum atomic E-state index is -0.645. The molecule has 8 heteroatoms. The van der Waals surface area contributed by atoms with Crippen molar-refractivity contribution < 1.29 is 14.3 Å². The summed E-state index contributed by atoms with van der Waals surface area (Å²) in [6.07, 6.45) is 0. The summed E-state index contributed by atoms with van der Waals surface area (Å²) in [4.78, 5) is 36.0. The molecule has 0 radical (unpaired) electrons. The Morgan fingerprint density at radius 3 is 2.52 bits per heavy atom. The molecule has 0 saturated heterocycles. The molecule has 0 bridgehead atoms. The molecule has 3 rings (SSSR count). The van der Waals surface area contributed by atoms with Gasteiger partial charge in [-0.25, -0.2) is 0 Å². The van der Waals surface area contributed by atoms with Crippen molar-refractivity contribution >= 4 is 29.2 Å². The van der Waals surface area contributed by atoms with E-state index in [1.54, 1.807) is 13.0 Å². The Kier molecular flexibility index (Phi) is 3.37. The van der Waals surface area contributed by atoms with Crippen LogP contribution in [0.1, 0.15) is 26.3 Å². The summed E-state index contributed by atoms with van der Waals surface area (Å²) >= 11 is 6.12. The minimum absolute atomic E-state index is 0.0339. The molecule has 2 aromatic rings. The summed E-state index contributed by atoms with van der Waals surface area (Å²) in [6.45, 7) is 1.79. The number of hydrogen-bond acceptors (Lipinski definition) is 5. The second kappa shape index (κ2) is 5.13. The molecule has 0 aliphatic carbocycles. The number of pyridine rings is 1. The van der Waals surface area contributed by atoms with Gasteiger partial charge in [-0.1, -0.05) is 11.6 Å². The summed E-state index contributed by atoms with van der Waals surface area (Å²) in [7, 11) is 1.44. The van der Waals surface area contributed by atoms with Crippen molar-refractivity contribution in [3.8, 4) is 11.4 Å². The number of nitrogens with zero attached hydrogens (tertiary/aromatic N) is 1. The molecule has 1 aliphatic heterocycles. The van der Waals surface area contributed by atoms with Gasteiger partial charge in [0.15, 0.2) is 0 Å². The summed E-state index contributed by atoms with van der Waals surface area (Å²) in [5.41, 5.74) is 6.40. The number of nitrogen functional groups attached to an aromatic ring is 1. The van der Waals surface area contributed by atoms with Crippen LogP contribution < -0.4 is 21.3 Å². The number of ether oxygens (including phenoxy) is 1. The Balaban J connectivity index is 2.38. The van der Waals surface area contributed by atoms with Gasteiger partial charge in [-0.3, -0.25) is 24.3 Å². The summed E-state index contributed by atoms with van der Waals surface area (Å²) < 4.78 is 6.37. The van der Waals surface area contributed by atoms with Gasteiger partial charge >= 0.3 is 0 Å². The lowest BCUT2D eigenvalue weighted by Crippen LogP contribution is -2.24. The standard InChI is InChI=1S/C15H12ClN3O4/c1-6-3-10(23-2)9(5-8(6)16)19-11(20)4-7-12(13(19)17)15(22)18-14(7)21/h3-5H,17H2,1-2H3,(H,18,21,22). The first-order valence-corrected chi connectivity index (χ1v) is 6.98. The van der Waals surface area contributed by atoms with Crippen LogP contribution in [0.5, 0.6) is 5.75 Å². The van der Waals surface area contributed by atoms with Gasteiger partial charge in [-0.05, 0) is 24.6 Å². The van der Waals surface area contributed by atoms with Gasteiger partial charge in [0.2, 0.25) is 0 Å². The highest BCUT2D eigenvalue weighted by molar-refractivity contribution is 6.31. The first-order valence-electron chi connectivity index (χ1n) is 6.61. The number of benzene rings is 1. The molecule has 23 heavy (non-hydrogen) atoms. The Morgan fingerprint density at radius 1 is 1.17 bits per heavy atom. The Labute approximate surface area is 135 Å². The smallest absolute Gasteiger partial charge is 0.262 e. The number of nitrogens with two attached hydrogens (primary N) is 1. The number of hydrogen-bond donors (Lipinski definition) is 2. The van der Waals surface area contributed by atoms with Crippen LogP contribution in [0.2, 0.25) is 5.02 Å². The maximum absolute atomic E-state index is 12.4. The number of carbonyl (C=O) groups is 2. The third kappa shape index (κ3) is 2.17. The molecule has 0 spiro atoms. The van der Waals surface area contributed by atoms with E-state index in [4.69, 9.17) is 22.1 Å². The fraction of sp³-hybridized carbons (Fsp3) is 0.133. The summed E-state index contributed by atoms with van der Waals surface area (Å²) in [5, 5.41) is 2.52. The molecule has 118 valence electrons. The van der Waals surface area contributed by atoms with E-state index in [9.17, 15) is 14.4 Å². The van der Waals surface area contributed by atoms with Crippen molar-refractivity contribution in [3.63, 3.8) is 0 Å². The van der Waals surface area contributed by atoms with Crippen LogP contribution in [0, 0.1) is 6.92 Å². The predicted molar refractivity (Wildman–Crippen MR) is 84.5 cm³/mol. The number of anilines is 1. The van der Waals surface area contributed by atoms with E-state index >= 15 is 0 Å². The quantitative estimate of drug-likeness (QED) is 0.806. The van der Waals surface area contributed by atoms with E-state index in [0.29, 0.717) is 16.5 Å². The average Bonchev–Trinajstić information content (AvgIpc) is 2.77. The lowest BCUT2D eigenvalue weighted by Gasteiger charge is -2.16. The van der Waals surface area contributed by atoms with Crippen LogP contribution in [0.25, 0.3) is 5.69 Å². The van der Waals surface area contributed by atoms with Crippen molar-refractivity contribution in [2.45, 2.75) is 6.92 Å². The normalized spacial score (nSPS) is 13.0. The van der Waals surface area contributed by atoms with Crippen LogP contribution in [0.3, 0.4) is 0 Å². The van der Waals surface area contributed by atoms with E-state index < -0.39 is 17.4 Å². The van der Waals surface area contributed by atoms with Gasteiger partial charge in [-0.15, -0.1) is 0 Å². The van der Waals surface area contributed by atoms with Gasteiger partial charge in [-0.2, -0.15) is 0 Å². The highest BCUT2D eigenvalue weighted by Gasteiger charge is 2.32. The predicted octanol–water partition coefficient (Wildman–Crippen LogP) is 1.27. The highest BCUT2D eigenvalue weighted by Crippen LogP contribution is 2.32. The maximum Gasteiger partial charge on any atom is 0.262 e. The third-order valence-corrected chi connectivity index (χ3v) is 4.06. The lowest BCUT2D eigenvalue weighted by molar-refractivity contribution is 0.0880. The molecule has 7 nitrogen and oxygen atoms in total.